The largest absolute Gasteiger partial charge is 0.586 e. The van der Waals surface area contributed by atoms with Crippen molar-refractivity contribution in [3.05, 3.63) is 71.0 Å². The van der Waals surface area contributed by atoms with Gasteiger partial charge in [0.2, 0.25) is 5.75 Å². The van der Waals surface area contributed by atoms with Crippen LogP contribution in [0.15, 0.2) is 48.5 Å². The fourth-order valence-electron chi connectivity index (χ4n) is 3.44. The van der Waals surface area contributed by atoms with E-state index in [2.05, 4.69) is 47.6 Å². The lowest BCUT2D eigenvalue weighted by molar-refractivity contribution is -0.287. The molecule has 1 heterocycles. The van der Waals surface area contributed by atoms with E-state index in [0.29, 0.717) is 24.3 Å². The van der Waals surface area contributed by atoms with E-state index in [4.69, 9.17) is 0 Å². The minimum Gasteiger partial charge on any atom is -0.395 e. The quantitative estimate of drug-likeness (QED) is 0.542. The number of halogens is 3. The molecular formula is C22H19F3O2. The van der Waals surface area contributed by atoms with Gasteiger partial charge in [0.25, 0.3) is 0 Å². The first-order valence-electron chi connectivity index (χ1n) is 8.92. The Balaban J connectivity index is 1.64. The number of ether oxygens (including phenoxy) is 2. The standard InChI is InChI=1S/C22H19F3O2/c1-13(2)17-11-15-5-3-4-6-18(15)16(12-17)8-7-14-9-19(23)21-20(10-14)26-22(24,25)27-21/h3-6,9-13H,7-8H2,1-2H3. The maximum Gasteiger partial charge on any atom is 0.586 e. The minimum atomic E-state index is -3.82. The van der Waals surface area contributed by atoms with Gasteiger partial charge >= 0.3 is 6.29 Å². The molecule has 3 aromatic carbocycles. The van der Waals surface area contributed by atoms with Crippen LogP contribution in [0, 0.1) is 5.82 Å². The Morgan fingerprint density at radius 2 is 1.74 bits per heavy atom. The third kappa shape index (κ3) is 3.46. The summed E-state index contributed by atoms with van der Waals surface area (Å²) in [4.78, 5) is 0. The minimum absolute atomic E-state index is 0.254. The number of hydrogen-bond acceptors (Lipinski definition) is 2. The van der Waals surface area contributed by atoms with Crippen LogP contribution in [0.2, 0.25) is 0 Å². The molecule has 0 N–H and O–H groups in total. The van der Waals surface area contributed by atoms with Crippen LogP contribution in [0.5, 0.6) is 11.5 Å². The second-order valence-corrected chi connectivity index (χ2v) is 7.13. The number of alkyl halides is 2. The molecular weight excluding hydrogens is 353 g/mol. The molecule has 140 valence electrons. The van der Waals surface area contributed by atoms with Crippen LogP contribution in [0.25, 0.3) is 10.8 Å². The van der Waals surface area contributed by atoms with Crippen molar-refractivity contribution in [2.24, 2.45) is 0 Å². The van der Waals surface area contributed by atoms with Crippen LogP contribution in [-0.2, 0) is 12.8 Å². The zero-order valence-corrected chi connectivity index (χ0v) is 15.1. The van der Waals surface area contributed by atoms with Crippen molar-refractivity contribution >= 4 is 10.8 Å². The van der Waals surface area contributed by atoms with E-state index in [9.17, 15) is 13.2 Å². The van der Waals surface area contributed by atoms with Crippen LogP contribution >= 0.6 is 0 Å². The molecule has 5 heteroatoms. The van der Waals surface area contributed by atoms with E-state index in [1.54, 1.807) is 0 Å². The molecule has 0 saturated heterocycles. The first kappa shape index (κ1) is 17.7. The topological polar surface area (TPSA) is 18.5 Å². The van der Waals surface area contributed by atoms with Gasteiger partial charge in [-0.2, -0.15) is 0 Å². The highest BCUT2D eigenvalue weighted by Crippen LogP contribution is 2.43. The molecule has 0 amide bonds. The summed E-state index contributed by atoms with van der Waals surface area (Å²) < 4.78 is 49.1. The van der Waals surface area contributed by atoms with Crippen molar-refractivity contribution in [2.75, 3.05) is 0 Å². The molecule has 0 unspecified atom stereocenters. The second kappa shape index (κ2) is 6.48. The average Bonchev–Trinajstić information content (AvgIpc) is 2.94. The van der Waals surface area contributed by atoms with E-state index in [1.807, 2.05) is 12.1 Å². The lowest BCUT2D eigenvalue weighted by Crippen LogP contribution is -2.26. The summed E-state index contributed by atoms with van der Waals surface area (Å²) in [6.45, 7) is 4.28. The Morgan fingerprint density at radius 3 is 2.52 bits per heavy atom. The van der Waals surface area contributed by atoms with Crippen molar-refractivity contribution in [1.82, 2.24) is 0 Å². The number of benzene rings is 3. The summed E-state index contributed by atoms with van der Waals surface area (Å²) in [5.41, 5.74) is 2.98. The van der Waals surface area contributed by atoms with E-state index in [-0.39, 0.29) is 5.75 Å². The van der Waals surface area contributed by atoms with Gasteiger partial charge in [-0.15, -0.1) is 8.78 Å². The van der Waals surface area contributed by atoms with Crippen LogP contribution < -0.4 is 9.47 Å². The molecule has 27 heavy (non-hydrogen) atoms. The third-order valence-electron chi connectivity index (χ3n) is 4.84. The predicted octanol–water partition coefficient (Wildman–Crippen LogP) is 6.21. The molecule has 3 aromatic rings. The highest BCUT2D eigenvalue weighted by atomic mass is 19.3. The Morgan fingerprint density at radius 1 is 0.963 bits per heavy atom. The fourth-order valence-corrected chi connectivity index (χ4v) is 3.44. The van der Waals surface area contributed by atoms with Gasteiger partial charge in [-0.3, -0.25) is 0 Å². The number of rotatable bonds is 4. The second-order valence-electron chi connectivity index (χ2n) is 7.13. The van der Waals surface area contributed by atoms with E-state index in [1.165, 1.54) is 17.7 Å². The van der Waals surface area contributed by atoms with E-state index >= 15 is 0 Å². The monoisotopic (exact) mass is 372 g/mol. The van der Waals surface area contributed by atoms with Gasteiger partial charge in [0.1, 0.15) is 0 Å². The van der Waals surface area contributed by atoms with Crippen LogP contribution in [-0.4, -0.2) is 6.29 Å². The van der Waals surface area contributed by atoms with E-state index in [0.717, 1.165) is 16.3 Å². The van der Waals surface area contributed by atoms with Crippen LogP contribution in [0.4, 0.5) is 13.2 Å². The average molecular weight is 372 g/mol. The van der Waals surface area contributed by atoms with Gasteiger partial charge in [-0.1, -0.05) is 50.2 Å². The smallest absolute Gasteiger partial charge is 0.395 e. The summed E-state index contributed by atoms with van der Waals surface area (Å²) in [6, 6.07) is 15.2. The molecule has 1 aliphatic rings. The van der Waals surface area contributed by atoms with Gasteiger partial charge in [0.05, 0.1) is 0 Å². The van der Waals surface area contributed by atoms with Gasteiger partial charge in [-0.25, -0.2) is 4.39 Å². The van der Waals surface area contributed by atoms with Crippen molar-refractivity contribution in [3.63, 3.8) is 0 Å². The van der Waals surface area contributed by atoms with Crippen LogP contribution in [0.1, 0.15) is 36.5 Å². The SMILES string of the molecule is CC(C)c1cc(CCc2cc(F)c3c(c2)OC(F)(F)O3)c2ccccc2c1. The molecule has 0 atom stereocenters. The highest BCUT2D eigenvalue weighted by Gasteiger charge is 2.45. The summed E-state index contributed by atoms with van der Waals surface area (Å²) in [6.07, 6.45) is -2.65. The maximum absolute atomic E-state index is 14.1. The molecule has 2 nitrogen and oxygen atoms in total. The molecule has 0 saturated carbocycles. The summed E-state index contributed by atoms with van der Waals surface area (Å²) >= 11 is 0. The van der Waals surface area contributed by atoms with Crippen molar-refractivity contribution < 1.29 is 22.6 Å². The third-order valence-corrected chi connectivity index (χ3v) is 4.84. The first-order valence-corrected chi connectivity index (χ1v) is 8.92. The number of fused-ring (bicyclic) bond motifs is 2. The molecule has 0 radical (unpaired) electrons. The molecule has 1 aliphatic heterocycles. The molecule has 0 aromatic heterocycles. The highest BCUT2D eigenvalue weighted by molar-refractivity contribution is 5.86. The van der Waals surface area contributed by atoms with Gasteiger partial charge in [0.15, 0.2) is 11.6 Å². The van der Waals surface area contributed by atoms with Gasteiger partial charge in [0, 0.05) is 0 Å². The number of hydrogen-bond donors (Lipinski definition) is 0. The molecule has 4 rings (SSSR count). The fraction of sp³-hybridized carbons (Fsp3) is 0.273. The Labute approximate surface area is 155 Å². The molecule has 0 bridgehead atoms. The Bertz CT molecular complexity index is 1010. The predicted molar refractivity (Wildman–Crippen MR) is 98.0 cm³/mol. The van der Waals surface area contributed by atoms with Crippen molar-refractivity contribution in [3.8, 4) is 11.5 Å². The maximum atomic E-state index is 14.1. The van der Waals surface area contributed by atoms with Gasteiger partial charge in [-0.05, 0) is 58.4 Å². The zero-order valence-electron chi connectivity index (χ0n) is 15.1. The summed E-state index contributed by atoms with van der Waals surface area (Å²) in [7, 11) is 0. The van der Waals surface area contributed by atoms with Gasteiger partial charge < -0.3 is 9.47 Å². The Kier molecular flexibility index (Phi) is 4.25. The number of aryl methyl sites for hydroxylation is 2. The molecule has 0 aliphatic carbocycles. The molecule has 0 spiro atoms. The van der Waals surface area contributed by atoms with Crippen molar-refractivity contribution in [1.29, 1.82) is 0 Å². The zero-order chi connectivity index (χ0) is 19.2. The normalized spacial score (nSPS) is 14.9. The van der Waals surface area contributed by atoms with E-state index < -0.39 is 17.9 Å². The lowest BCUT2D eigenvalue weighted by atomic mass is 9.92. The lowest BCUT2D eigenvalue weighted by Gasteiger charge is -2.13. The molecule has 0 fully saturated rings. The van der Waals surface area contributed by atoms with Crippen LogP contribution in [0.3, 0.4) is 0 Å². The summed E-state index contributed by atoms with van der Waals surface area (Å²) in [5, 5.41) is 2.31. The first-order chi connectivity index (χ1) is 12.8. The van der Waals surface area contributed by atoms with Crippen molar-refractivity contribution in [2.45, 2.75) is 38.9 Å². The summed E-state index contributed by atoms with van der Waals surface area (Å²) in [5.74, 6) is -1.23. The Hall–Kier alpha value is -2.69.